The van der Waals surface area contributed by atoms with Crippen molar-refractivity contribution in [3.63, 3.8) is 0 Å². The number of amides is 1. The van der Waals surface area contributed by atoms with Gasteiger partial charge in [-0.3, -0.25) is 4.79 Å². The predicted molar refractivity (Wildman–Crippen MR) is 145 cm³/mol. The van der Waals surface area contributed by atoms with E-state index in [1.165, 1.54) is 6.33 Å². The van der Waals surface area contributed by atoms with Crippen LogP contribution in [0.2, 0.25) is 0 Å². The fraction of sp³-hybridized carbons (Fsp3) is 0.586. The summed E-state index contributed by atoms with van der Waals surface area (Å²) in [4.78, 5) is 37.1. The molecule has 1 amide bonds. The summed E-state index contributed by atoms with van der Waals surface area (Å²) in [6.07, 6.45) is 11.6. The lowest BCUT2D eigenvalue weighted by Crippen LogP contribution is -2.47. The number of carbonyl (C=O) groups is 2. The molecule has 0 spiro atoms. The van der Waals surface area contributed by atoms with Crippen molar-refractivity contribution in [1.82, 2.24) is 9.97 Å². The first-order valence-corrected chi connectivity index (χ1v) is 14.1. The third-order valence-electron chi connectivity index (χ3n) is 7.18. The maximum Gasteiger partial charge on any atom is 0.348 e. The van der Waals surface area contributed by atoms with Crippen molar-refractivity contribution in [2.45, 2.75) is 91.2 Å². The maximum atomic E-state index is 14.0. The van der Waals surface area contributed by atoms with E-state index in [0.29, 0.717) is 22.2 Å². The number of anilines is 1. The molecular formula is C29H37N3O4S. The molecule has 0 unspecified atom stereocenters. The summed E-state index contributed by atoms with van der Waals surface area (Å²) in [7, 11) is 0. The largest absolute Gasteiger partial charge is 0.487 e. The lowest BCUT2D eigenvalue weighted by molar-refractivity contribution is -0.124. The Morgan fingerprint density at radius 2 is 1.70 bits per heavy atom. The van der Waals surface area contributed by atoms with Crippen molar-refractivity contribution in [3.8, 4) is 17.6 Å². The molecule has 0 radical (unpaired) electrons. The van der Waals surface area contributed by atoms with Crippen molar-refractivity contribution >= 4 is 28.9 Å². The molecule has 0 saturated heterocycles. The zero-order valence-corrected chi connectivity index (χ0v) is 23.0. The molecule has 37 heavy (non-hydrogen) atoms. The van der Waals surface area contributed by atoms with E-state index in [2.05, 4.69) is 28.7 Å². The quantitative estimate of drug-likeness (QED) is 0.454. The van der Waals surface area contributed by atoms with Crippen LogP contribution in [0.5, 0.6) is 5.75 Å². The van der Waals surface area contributed by atoms with E-state index in [0.717, 1.165) is 62.7 Å². The highest BCUT2D eigenvalue weighted by Gasteiger charge is 2.37. The minimum atomic E-state index is -1.01. The number of carboxylic acids is 1. The van der Waals surface area contributed by atoms with Crippen LogP contribution in [0.3, 0.4) is 0 Å². The molecule has 0 aromatic carbocycles. The molecule has 198 valence electrons. The molecule has 0 aliphatic heterocycles. The number of aromatic nitrogens is 2. The van der Waals surface area contributed by atoms with Crippen LogP contribution in [-0.2, 0) is 4.79 Å². The van der Waals surface area contributed by atoms with E-state index in [-0.39, 0.29) is 34.3 Å². The Hall–Kier alpha value is -2.92. The summed E-state index contributed by atoms with van der Waals surface area (Å²) in [5.41, 5.74) is 0.296. The summed E-state index contributed by atoms with van der Waals surface area (Å²) in [5.74, 6) is 6.59. The fourth-order valence-electron chi connectivity index (χ4n) is 5.18. The van der Waals surface area contributed by atoms with E-state index >= 15 is 0 Å². The van der Waals surface area contributed by atoms with Crippen LogP contribution in [0.1, 0.15) is 93.6 Å². The topological polar surface area (TPSA) is 92.6 Å². The van der Waals surface area contributed by atoms with Crippen LogP contribution in [-0.4, -0.2) is 39.1 Å². The molecule has 0 atom stereocenters. The molecule has 2 aliphatic carbocycles. The second-order valence-corrected chi connectivity index (χ2v) is 12.5. The van der Waals surface area contributed by atoms with Gasteiger partial charge in [-0.05, 0) is 84.1 Å². The number of hydrogen-bond acceptors (Lipinski definition) is 6. The Bertz CT molecular complexity index is 1150. The molecule has 2 aliphatic rings. The summed E-state index contributed by atoms with van der Waals surface area (Å²) in [6, 6.07) is 1.75. The van der Waals surface area contributed by atoms with Gasteiger partial charge in [0.25, 0.3) is 0 Å². The van der Waals surface area contributed by atoms with Gasteiger partial charge in [0.2, 0.25) is 5.91 Å². The van der Waals surface area contributed by atoms with E-state index in [1.807, 2.05) is 31.7 Å². The van der Waals surface area contributed by atoms with E-state index in [1.54, 1.807) is 12.4 Å². The maximum absolute atomic E-state index is 14.0. The van der Waals surface area contributed by atoms with Crippen LogP contribution < -0.4 is 9.64 Å². The summed E-state index contributed by atoms with van der Waals surface area (Å²) < 4.78 is 6.07. The minimum absolute atomic E-state index is 0.0179. The molecule has 2 aromatic rings. The van der Waals surface area contributed by atoms with Crippen molar-refractivity contribution in [3.05, 3.63) is 34.5 Å². The Morgan fingerprint density at radius 1 is 1.05 bits per heavy atom. The third-order valence-corrected chi connectivity index (χ3v) is 8.21. The zero-order valence-electron chi connectivity index (χ0n) is 22.2. The number of rotatable bonds is 6. The molecule has 2 fully saturated rings. The van der Waals surface area contributed by atoms with Gasteiger partial charge in [-0.25, -0.2) is 14.8 Å². The number of aromatic carboxylic acids is 1. The van der Waals surface area contributed by atoms with Gasteiger partial charge in [-0.1, -0.05) is 18.8 Å². The monoisotopic (exact) mass is 523 g/mol. The average molecular weight is 524 g/mol. The standard InChI is InChI=1S/C29H37N3O4S/c1-19-5-7-20(8-6-19)27(33)32(21-9-11-22(12-10-21)36-23-16-30-18-31-17-23)25-15-24(13-14-29(2,3)4)37-26(25)28(34)35/h15-22H,5-12H2,1-4H3,(H,34,35)/t19-,20-,21-,22-. The van der Waals surface area contributed by atoms with Gasteiger partial charge < -0.3 is 14.7 Å². The highest BCUT2D eigenvalue weighted by Crippen LogP contribution is 2.39. The molecule has 0 bridgehead atoms. The van der Waals surface area contributed by atoms with Crippen LogP contribution in [0.4, 0.5) is 5.69 Å². The van der Waals surface area contributed by atoms with Gasteiger partial charge in [0.15, 0.2) is 5.75 Å². The molecule has 8 heteroatoms. The van der Waals surface area contributed by atoms with Gasteiger partial charge in [0, 0.05) is 17.4 Å². The zero-order chi connectivity index (χ0) is 26.6. The Morgan fingerprint density at radius 3 is 2.30 bits per heavy atom. The van der Waals surface area contributed by atoms with Gasteiger partial charge in [0.1, 0.15) is 11.2 Å². The molecule has 2 saturated carbocycles. The fourth-order valence-corrected chi connectivity index (χ4v) is 6.03. The Kier molecular flexibility index (Phi) is 8.53. The number of hydrogen-bond donors (Lipinski definition) is 1. The summed E-state index contributed by atoms with van der Waals surface area (Å²) in [5, 5.41) is 10.1. The second-order valence-electron chi connectivity index (χ2n) is 11.4. The number of thiophene rings is 1. The van der Waals surface area contributed by atoms with Gasteiger partial charge >= 0.3 is 5.97 Å². The first-order chi connectivity index (χ1) is 17.6. The van der Waals surface area contributed by atoms with Gasteiger partial charge in [-0.2, -0.15) is 0 Å². The highest BCUT2D eigenvalue weighted by atomic mass is 32.1. The first kappa shape index (κ1) is 27.1. The van der Waals surface area contributed by atoms with Crippen molar-refractivity contribution in [2.75, 3.05) is 4.90 Å². The number of carbonyl (C=O) groups excluding carboxylic acids is 1. The second kappa shape index (κ2) is 11.6. The van der Waals surface area contributed by atoms with Gasteiger partial charge in [0.05, 0.1) is 29.1 Å². The first-order valence-electron chi connectivity index (χ1n) is 13.3. The Labute approximate surface area is 223 Å². The minimum Gasteiger partial charge on any atom is -0.487 e. The van der Waals surface area contributed by atoms with Crippen molar-refractivity contribution in [2.24, 2.45) is 17.3 Å². The van der Waals surface area contributed by atoms with Crippen LogP contribution in [0, 0.1) is 29.1 Å². The number of nitrogens with zero attached hydrogens (tertiary/aromatic N) is 3. The van der Waals surface area contributed by atoms with E-state index in [9.17, 15) is 14.7 Å². The van der Waals surface area contributed by atoms with Crippen molar-refractivity contribution < 1.29 is 19.4 Å². The van der Waals surface area contributed by atoms with Crippen LogP contribution >= 0.6 is 11.3 Å². The molecule has 2 aromatic heterocycles. The summed E-state index contributed by atoms with van der Waals surface area (Å²) in [6.45, 7) is 8.30. The number of ether oxygens (including phenoxy) is 1. The predicted octanol–water partition coefficient (Wildman–Crippen LogP) is 6.18. The van der Waals surface area contributed by atoms with E-state index < -0.39 is 5.97 Å². The smallest absolute Gasteiger partial charge is 0.348 e. The summed E-state index contributed by atoms with van der Waals surface area (Å²) >= 11 is 1.16. The van der Waals surface area contributed by atoms with Gasteiger partial charge in [-0.15, -0.1) is 11.3 Å². The highest BCUT2D eigenvalue weighted by molar-refractivity contribution is 7.15. The molecule has 2 heterocycles. The van der Waals surface area contributed by atoms with Crippen LogP contribution in [0.15, 0.2) is 24.8 Å². The third kappa shape index (κ3) is 7.10. The normalized spacial score (nSPS) is 24.0. The van der Waals surface area contributed by atoms with Crippen molar-refractivity contribution in [1.29, 1.82) is 0 Å². The lowest BCUT2D eigenvalue weighted by atomic mass is 9.81. The van der Waals surface area contributed by atoms with Crippen LogP contribution in [0.25, 0.3) is 0 Å². The Balaban J connectivity index is 1.61. The SMILES string of the molecule is CC(C)(C)C#Cc1cc(N(C(=O)[C@H]2CC[C@H](C)CC2)[C@H]2CC[C@H](Oc3cncnc3)CC2)c(C(=O)O)s1. The average Bonchev–Trinajstić information content (AvgIpc) is 3.29. The lowest BCUT2D eigenvalue weighted by Gasteiger charge is -2.39. The number of carboxylic acid groups (broad SMARTS) is 1. The van der Waals surface area contributed by atoms with E-state index in [4.69, 9.17) is 4.74 Å². The molecule has 4 rings (SSSR count). The molecular weight excluding hydrogens is 486 g/mol. The molecule has 7 nitrogen and oxygen atoms in total. The molecule has 1 N–H and O–H groups in total.